The zero-order chi connectivity index (χ0) is 8.43. The lowest BCUT2D eigenvalue weighted by Gasteiger charge is -1.89. The summed E-state index contributed by atoms with van der Waals surface area (Å²) in [5.41, 5.74) is 0. The molecule has 0 amide bonds. The number of aromatic amines is 1. The molecule has 0 saturated heterocycles. The molecule has 0 aliphatic heterocycles. The average Bonchev–Trinajstić information content (AvgIpc) is 1.85. The van der Waals surface area contributed by atoms with Gasteiger partial charge in [0.25, 0.3) is 0 Å². The van der Waals surface area contributed by atoms with Gasteiger partial charge in [0.2, 0.25) is 10.3 Å². The summed E-state index contributed by atoms with van der Waals surface area (Å²) in [7, 11) is -2.31. The van der Waals surface area contributed by atoms with Gasteiger partial charge in [-0.1, -0.05) is 11.6 Å². The van der Waals surface area contributed by atoms with Crippen LogP contribution in [-0.2, 0) is 10.3 Å². The Labute approximate surface area is 77.7 Å². The Bertz CT molecular complexity index is 428. The lowest BCUT2D eigenvalue weighted by atomic mass is 10.5. The Morgan fingerprint density at radius 3 is 2.64 bits per heavy atom. The smallest absolute Gasteiger partial charge is 0.239 e. The largest absolute Gasteiger partial charge is 0.347 e. The van der Waals surface area contributed by atoms with Crippen LogP contribution in [0.2, 0.25) is 5.02 Å². The Balaban J connectivity index is 3.71. The maximum atomic E-state index is 10.4. The summed E-state index contributed by atoms with van der Waals surface area (Å²) in [6.45, 7) is 0. The van der Waals surface area contributed by atoms with Crippen LogP contribution in [0.5, 0.6) is 0 Å². The highest BCUT2D eigenvalue weighted by atomic mass is 79.9. The number of hydrogen-bond acceptors (Lipinski definition) is 2. The molecule has 6 heteroatoms. The van der Waals surface area contributed by atoms with Gasteiger partial charge >= 0.3 is 0 Å². The lowest BCUT2D eigenvalue weighted by molar-refractivity contribution is 0.624. The summed E-state index contributed by atoms with van der Waals surface area (Å²) in [5, 5.41) is 0.174. The van der Waals surface area contributed by atoms with Gasteiger partial charge in [0.15, 0.2) is 4.64 Å². The first kappa shape index (κ1) is 8.83. The van der Waals surface area contributed by atoms with E-state index in [2.05, 4.69) is 20.9 Å². The van der Waals surface area contributed by atoms with E-state index in [1.165, 1.54) is 12.3 Å². The van der Waals surface area contributed by atoms with Gasteiger partial charge in [-0.2, -0.15) is 8.42 Å². The zero-order valence-electron chi connectivity index (χ0n) is 5.14. The molecule has 0 aliphatic rings. The van der Waals surface area contributed by atoms with E-state index in [1.54, 1.807) is 0 Å². The highest BCUT2D eigenvalue weighted by Crippen LogP contribution is 2.14. The molecule has 0 aliphatic carbocycles. The van der Waals surface area contributed by atoms with E-state index < -0.39 is 10.3 Å². The van der Waals surface area contributed by atoms with E-state index in [4.69, 9.17) is 11.6 Å². The molecule has 0 spiro atoms. The van der Waals surface area contributed by atoms with E-state index in [0.717, 1.165) is 0 Å². The first-order valence-corrected chi connectivity index (χ1v) is 4.82. The molecule has 0 bridgehead atoms. The van der Waals surface area contributed by atoms with Crippen LogP contribution in [0.3, 0.4) is 0 Å². The van der Waals surface area contributed by atoms with Crippen LogP contribution in [0.25, 0.3) is 0 Å². The van der Waals surface area contributed by atoms with Crippen molar-refractivity contribution in [2.45, 2.75) is 0 Å². The third kappa shape index (κ3) is 2.08. The number of rotatable bonds is 0. The van der Waals surface area contributed by atoms with E-state index in [0.29, 0.717) is 4.47 Å². The number of hydrogen-bond donors (Lipinski definition) is 1. The summed E-state index contributed by atoms with van der Waals surface area (Å²) < 4.78 is 21.5. The molecule has 0 unspecified atom stereocenters. The van der Waals surface area contributed by atoms with Gasteiger partial charge in [0, 0.05) is 10.7 Å². The van der Waals surface area contributed by atoms with Crippen molar-refractivity contribution >= 4 is 37.8 Å². The SMILES string of the molecule is O=S(=O)=c1[nH]cc(Br)cc1Cl. The minimum atomic E-state index is -2.31. The molecule has 0 atom stereocenters. The quantitative estimate of drug-likeness (QED) is 0.720. The number of H-pyrrole nitrogens is 1. The Morgan fingerprint density at radius 1 is 1.55 bits per heavy atom. The molecule has 0 saturated carbocycles. The van der Waals surface area contributed by atoms with Crippen molar-refractivity contribution in [3.8, 4) is 0 Å². The van der Waals surface area contributed by atoms with Crippen LogP contribution in [0, 0.1) is 4.64 Å². The molecule has 1 rings (SSSR count). The maximum Gasteiger partial charge on any atom is 0.239 e. The van der Waals surface area contributed by atoms with Crippen LogP contribution in [0.4, 0.5) is 0 Å². The summed E-state index contributed by atoms with van der Waals surface area (Å²) in [6, 6.07) is 1.50. The molecule has 1 heterocycles. The monoisotopic (exact) mass is 255 g/mol. The van der Waals surface area contributed by atoms with Crippen molar-refractivity contribution < 1.29 is 8.42 Å². The van der Waals surface area contributed by atoms with E-state index in [9.17, 15) is 8.42 Å². The maximum absolute atomic E-state index is 10.4. The number of nitrogens with one attached hydrogen (secondary N) is 1. The van der Waals surface area contributed by atoms with Crippen LogP contribution < -0.4 is 0 Å². The third-order valence-corrected chi connectivity index (χ3v) is 2.53. The predicted octanol–water partition coefficient (Wildman–Crippen LogP) is 1.84. The summed E-state index contributed by atoms with van der Waals surface area (Å²) in [4.78, 5) is 2.51. The van der Waals surface area contributed by atoms with Crippen molar-refractivity contribution in [2.24, 2.45) is 0 Å². The van der Waals surface area contributed by atoms with Crippen molar-refractivity contribution in [3.63, 3.8) is 0 Å². The minimum absolute atomic E-state index is 0.00475. The first-order valence-electron chi connectivity index (χ1n) is 2.57. The summed E-state index contributed by atoms with van der Waals surface area (Å²) in [6.07, 6.45) is 1.50. The minimum Gasteiger partial charge on any atom is -0.347 e. The van der Waals surface area contributed by atoms with Crippen molar-refractivity contribution in [2.75, 3.05) is 0 Å². The first-order chi connectivity index (χ1) is 5.11. The van der Waals surface area contributed by atoms with Crippen molar-refractivity contribution in [1.82, 2.24) is 4.98 Å². The molecule has 3 nitrogen and oxygen atoms in total. The van der Waals surface area contributed by atoms with Crippen molar-refractivity contribution in [1.29, 1.82) is 0 Å². The van der Waals surface area contributed by atoms with E-state index in [1.807, 2.05) is 0 Å². The van der Waals surface area contributed by atoms with E-state index >= 15 is 0 Å². The Hall–Kier alpha value is -0.260. The second-order valence-electron chi connectivity index (χ2n) is 1.73. The molecule has 0 fully saturated rings. The van der Waals surface area contributed by atoms with Gasteiger partial charge in [0.1, 0.15) is 0 Å². The number of halogens is 2. The van der Waals surface area contributed by atoms with Gasteiger partial charge in [-0.15, -0.1) is 0 Å². The highest BCUT2D eigenvalue weighted by Gasteiger charge is 1.94. The second-order valence-corrected chi connectivity index (χ2v) is 3.93. The standard InChI is InChI=1S/C5H3BrClNO2S/c6-3-1-4(7)5(8-2-3)11(9)10/h1-2,8H. The van der Waals surface area contributed by atoms with E-state index in [-0.39, 0.29) is 9.66 Å². The van der Waals surface area contributed by atoms with Gasteiger partial charge in [-0.3, -0.25) is 0 Å². The molecular formula is C5H3BrClNO2S. The molecule has 1 aromatic heterocycles. The van der Waals surface area contributed by atoms with Crippen LogP contribution in [0.1, 0.15) is 0 Å². The Kier molecular flexibility index (Phi) is 2.75. The number of pyridine rings is 1. The third-order valence-electron chi connectivity index (χ3n) is 0.989. The molecule has 0 radical (unpaired) electrons. The highest BCUT2D eigenvalue weighted by molar-refractivity contribution is 9.10. The molecule has 1 aromatic rings. The van der Waals surface area contributed by atoms with Crippen molar-refractivity contribution in [3.05, 3.63) is 26.4 Å². The van der Waals surface area contributed by atoms with Crippen LogP contribution in [-0.4, -0.2) is 13.4 Å². The number of aromatic nitrogens is 1. The average molecular weight is 257 g/mol. The normalized spacial score (nSPS) is 9.64. The van der Waals surface area contributed by atoms with Gasteiger partial charge in [0.05, 0.1) is 5.02 Å². The fraction of sp³-hybridized carbons (Fsp3) is 0. The topological polar surface area (TPSA) is 49.9 Å². The molecule has 60 valence electrons. The zero-order valence-corrected chi connectivity index (χ0v) is 8.29. The lowest BCUT2D eigenvalue weighted by Crippen LogP contribution is -1.79. The summed E-state index contributed by atoms with van der Waals surface area (Å²) >= 11 is 8.70. The fourth-order valence-electron chi connectivity index (χ4n) is 0.559. The molecule has 0 aromatic carbocycles. The van der Waals surface area contributed by atoms with Crippen LogP contribution in [0.15, 0.2) is 16.7 Å². The van der Waals surface area contributed by atoms with Gasteiger partial charge in [-0.25, -0.2) is 0 Å². The van der Waals surface area contributed by atoms with Gasteiger partial charge < -0.3 is 4.98 Å². The summed E-state index contributed by atoms with van der Waals surface area (Å²) in [5.74, 6) is 0. The fourth-order valence-corrected chi connectivity index (χ4v) is 1.77. The molecule has 1 N–H and O–H groups in total. The molecule has 11 heavy (non-hydrogen) atoms. The molecular weight excluding hydrogens is 253 g/mol. The second kappa shape index (κ2) is 3.42. The Morgan fingerprint density at radius 2 is 2.18 bits per heavy atom. The van der Waals surface area contributed by atoms with Crippen LogP contribution >= 0.6 is 27.5 Å². The van der Waals surface area contributed by atoms with Gasteiger partial charge in [-0.05, 0) is 22.0 Å². The predicted molar refractivity (Wildman–Crippen MR) is 45.7 cm³/mol.